The van der Waals surface area contributed by atoms with E-state index in [9.17, 15) is 9.59 Å². The first-order chi connectivity index (χ1) is 7.06. The van der Waals surface area contributed by atoms with Gasteiger partial charge in [-0.2, -0.15) is 0 Å². The summed E-state index contributed by atoms with van der Waals surface area (Å²) in [6, 6.07) is 0.0682. The molecule has 1 fully saturated rings. The fourth-order valence-electron chi connectivity index (χ4n) is 2.51. The van der Waals surface area contributed by atoms with Crippen LogP contribution in [0.3, 0.4) is 0 Å². The molecule has 2 atom stereocenters. The van der Waals surface area contributed by atoms with E-state index in [1.165, 1.54) is 13.8 Å². The molecule has 0 aromatic rings. The van der Waals surface area contributed by atoms with Crippen molar-refractivity contribution in [2.45, 2.75) is 46.1 Å². The summed E-state index contributed by atoms with van der Waals surface area (Å²) >= 11 is 0. The number of nitrogens with one attached hydrogen (secondary N) is 1. The van der Waals surface area contributed by atoms with E-state index in [1.807, 2.05) is 0 Å². The van der Waals surface area contributed by atoms with Crippen molar-refractivity contribution in [3.05, 3.63) is 0 Å². The molecule has 1 heterocycles. The second-order valence-electron chi connectivity index (χ2n) is 4.56. The second kappa shape index (κ2) is 5.40. The third kappa shape index (κ3) is 3.13. The molecule has 3 heteroatoms. The first-order valence-corrected chi connectivity index (χ1v) is 5.80. The minimum absolute atomic E-state index is 0.00301. The number of Topliss-reactive ketones (excluding diaryl/α,β-unsaturated/α-hetero) is 2. The molecular formula is C12H21NO2. The van der Waals surface area contributed by atoms with Gasteiger partial charge in [0.25, 0.3) is 0 Å². The first kappa shape index (κ1) is 12.4. The van der Waals surface area contributed by atoms with Crippen molar-refractivity contribution in [2.75, 3.05) is 6.54 Å². The minimum atomic E-state index is -0.431. The molecule has 0 aromatic heterocycles. The molecule has 3 nitrogen and oxygen atoms in total. The summed E-state index contributed by atoms with van der Waals surface area (Å²) in [5.74, 6) is 0.227. The lowest BCUT2D eigenvalue weighted by molar-refractivity contribution is -0.132. The summed E-state index contributed by atoms with van der Waals surface area (Å²) in [6.07, 6.45) is 3.26. The van der Waals surface area contributed by atoms with Crippen LogP contribution in [0.1, 0.15) is 40.0 Å². The second-order valence-corrected chi connectivity index (χ2v) is 4.56. The third-order valence-corrected chi connectivity index (χ3v) is 3.40. The molecule has 86 valence electrons. The van der Waals surface area contributed by atoms with Crippen LogP contribution in [-0.2, 0) is 9.59 Å². The van der Waals surface area contributed by atoms with Crippen molar-refractivity contribution in [1.82, 2.24) is 5.32 Å². The molecule has 0 bridgehead atoms. The highest BCUT2D eigenvalue weighted by Crippen LogP contribution is 2.24. The Morgan fingerprint density at radius 3 is 2.40 bits per heavy atom. The van der Waals surface area contributed by atoms with Gasteiger partial charge in [0.05, 0.1) is 5.92 Å². The monoisotopic (exact) mass is 211 g/mol. The highest BCUT2D eigenvalue weighted by molar-refractivity contribution is 6.01. The highest BCUT2D eigenvalue weighted by Gasteiger charge is 2.32. The summed E-state index contributed by atoms with van der Waals surface area (Å²) in [5, 5.41) is 3.30. The number of hydrogen-bond acceptors (Lipinski definition) is 3. The zero-order valence-corrected chi connectivity index (χ0v) is 9.88. The van der Waals surface area contributed by atoms with Crippen LogP contribution in [0.25, 0.3) is 0 Å². The topological polar surface area (TPSA) is 46.2 Å². The average Bonchev–Trinajstić information content (AvgIpc) is 2.17. The quantitative estimate of drug-likeness (QED) is 0.718. The lowest BCUT2D eigenvalue weighted by atomic mass is 9.81. The van der Waals surface area contributed by atoms with Crippen LogP contribution in [0.5, 0.6) is 0 Å². The van der Waals surface area contributed by atoms with Gasteiger partial charge in [0.1, 0.15) is 11.6 Å². The molecule has 1 N–H and O–H groups in total. The van der Waals surface area contributed by atoms with Gasteiger partial charge in [-0.3, -0.25) is 9.59 Å². The van der Waals surface area contributed by atoms with Gasteiger partial charge in [-0.1, -0.05) is 13.3 Å². The van der Waals surface area contributed by atoms with E-state index >= 15 is 0 Å². The van der Waals surface area contributed by atoms with E-state index in [2.05, 4.69) is 12.2 Å². The van der Waals surface area contributed by atoms with Gasteiger partial charge in [-0.25, -0.2) is 0 Å². The summed E-state index contributed by atoms with van der Waals surface area (Å²) in [7, 11) is 0. The van der Waals surface area contributed by atoms with Crippen LogP contribution >= 0.6 is 0 Å². The molecule has 1 rings (SSSR count). The summed E-state index contributed by atoms with van der Waals surface area (Å²) in [4.78, 5) is 22.8. The van der Waals surface area contributed by atoms with Crippen molar-refractivity contribution in [1.29, 1.82) is 0 Å². The molecule has 0 spiro atoms. The van der Waals surface area contributed by atoms with Crippen molar-refractivity contribution < 1.29 is 9.59 Å². The van der Waals surface area contributed by atoms with Crippen LogP contribution in [-0.4, -0.2) is 24.2 Å². The number of rotatable bonds is 4. The van der Waals surface area contributed by atoms with E-state index in [1.54, 1.807) is 0 Å². The molecule has 0 aromatic carbocycles. The van der Waals surface area contributed by atoms with E-state index in [4.69, 9.17) is 0 Å². The van der Waals surface area contributed by atoms with Crippen molar-refractivity contribution in [3.63, 3.8) is 0 Å². The van der Waals surface area contributed by atoms with Crippen molar-refractivity contribution >= 4 is 11.6 Å². The van der Waals surface area contributed by atoms with E-state index < -0.39 is 5.92 Å². The smallest absolute Gasteiger partial charge is 0.141 e. The maximum Gasteiger partial charge on any atom is 0.141 e. The van der Waals surface area contributed by atoms with Crippen LogP contribution in [0.15, 0.2) is 0 Å². The summed E-state index contributed by atoms with van der Waals surface area (Å²) in [6.45, 7) is 6.14. The van der Waals surface area contributed by atoms with Gasteiger partial charge in [-0.05, 0) is 39.2 Å². The Hall–Kier alpha value is -0.700. The molecule has 15 heavy (non-hydrogen) atoms. The van der Waals surface area contributed by atoms with Gasteiger partial charge >= 0.3 is 0 Å². The molecule has 1 aliphatic rings. The van der Waals surface area contributed by atoms with Crippen LogP contribution in [0, 0.1) is 11.8 Å². The Morgan fingerprint density at radius 1 is 1.33 bits per heavy atom. The maximum absolute atomic E-state index is 11.4. The van der Waals surface area contributed by atoms with Gasteiger partial charge in [0.2, 0.25) is 0 Å². The fraction of sp³-hybridized carbons (Fsp3) is 0.833. The normalized spacial score (nSPS) is 26.7. The van der Waals surface area contributed by atoms with Crippen LogP contribution in [0.2, 0.25) is 0 Å². The molecule has 0 saturated carbocycles. The molecule has 0 radical (unpaired) electrons. The first-order valence-electron chi connectivity index (χ1n) is 5.80. The Morgan fingerprint density at radius 2 is 1.93 bits per heavy atom. The van der Waals surface area contributed by atoms with E-state index in [0.29, 0.717) is 5.92 Å². The SMILES string of the molecule is CCC1CCNC(C(C(C)=O)C(C)=O)C1. The summed E-state index contributed by atoms with van der Waals surface area (Å²) in [5.41, 5.74) is 0. The largest absolute Gasteiger partial charge is 0.313 e. The molecule has 0 aliphatic carbocycles. The van der Waals surface area contributed by atoms with Gasteiger partial charge in [0, 0.05) is 6.04 Å². The van der Waals surface area contributed by atoms with E-state index in [-0.39, 0.29) is 17.6 Å². The lowest BCUT2D eigenvalue weighted by Crippen LogP contribution is -2.47. The third-order valence-electron chi connectivity index (χ3n) is 3.40. The van der Waals surface area contributed by atoms with Crippen LogP contribution < -0.4 is 5.32 Å². The molecule has 2 unspecified atom stereocenters. The molecule has 1 aliphatic heterocycles. The number of carbonyl (C=O) groups is 2. The summed E-state index contributed by atoms with van der Waals surface area (Å²) < 4.78 is 0. The van der Waals surface area contributed by atoms with E-state index in [0.717, 1.165) is 25.8 Å². The number of piperidine rings is 1. The Labute approximate surface area is 91.6 Å². The predicted octanol–water partition coefficient (Wildman–Crippen LogP) is 1.56. The predicted molar refractivity (Wildman–Crippen MR) is 59.7 cm³/mol. The lowest BCUT2D eigenvalue weighted by Gasteiger charge is -2.33. The minimum Gasteiger partial charge on any atom is -0.313 e. The zero-order valence-electron chi connectivity index (χ0n) is 9.88. The highest BCUT2D eigenvalue weighted by atomic mass is 16.1. The Bertz CT molecular complexity index is 236. The zero-order chi connectivity index (χ0) is 11.4. The van der Waals surface area contributed by atoms with Crippen molar-refractivity contribution in [3.8, 4) is 0 Å². The van der Waals surface area contributed by atoms with Gasteiger partial charge in [-0.15, -0.1) is 0 Å². The molecule has 0 amide bonds. The Kier molecular flexibility index (Phi) is 4.45. The number of ketones is 2. The Balaban J connectivity index is 2.67. The maximum atomic E-state index is 11.4. The number of carbonyl (C=O) groups excluding carboxylic acids is 2. The fourth-order valence-corrected chi connectivity index (χ4v) is 2.51. The van der Waals surface area contributed by atoms with Gasteiger partial charge in [0.15, 0.2) is 0 Å². The molecular weight excluding hydrogens is 190 g/mol. The molecule has 1 saturated heterocycles. The van der Waals surface area contributed by atoms with Crippen molar-refractivity contribution in [2.24, 2.45) is 11.8 Å². The average molecular weight is 211 g/mol. The van der Waals surface area contributed by atoms with Crippen LogP contribution in [0.4, 0.5) is 0 Å². The van der Waals surface area contributed by atoms with Gasteiger partial charge < -0.3 is 5.32 Å². The number of hydrogen-bond donors (Lipinski definition) is 1. The standard InChI is InChI=1S/C12H21NO2/c1-4-10-5-6-13-11(7-10)12(8(2)14)9(3)15/h10-13H,4-7H2,1-3H3.